The number of fused-ring (bicyclic) bond motifs is 1. The van der Waals surface area contributed by atoms with Gasteiger partial charge in [-0.2, -0.15) is 0 Å². The Bertz CT molecular complexity index is 844. The second-order valence-corrected chi connectivity index (χ2v) is 11.5. The van der Waals surface area contributed by atoms with Crippen molar-refractivity contribution in [3.05, 3.63) is 35.0 Å². The predicted octanol–water partition coefficient (Wildman–Crippen LogP) is 5.66. The third-order valence-electron chi connectivity index (χ3n) is 4.55. The van der Waals surface area contributed by atoms with Crippen LogP contribution < -0.4 is 4.72 Å². The first-order valence-corrected chi connectivity index (χ1v) is 10.4. The van der Waals surface area contributed by atoms with Crippen LogP contribution >= 0.6 is 0 Å². The highest BCUT2D eigenvalue weighted by molar-refractivity contribution is 7.84. The van der Waals surface area contributed by atoms with Crippen LogP contribution in [0.25, 0.3) is 10.9 Å². The van der Waals surface area contributed by atoms with Gasteiger partial charge in [0.15, 0.2) is 0 Å². The molecule has 0 amide bonds. The number of aryl methyl sites for hydroxylation is 2. The largest absolute Gasteiger partial charge is 0.347 e. The van der Waals surface area contributed by atoms with E-state index in [0.29, 0.717) is 12.1 Å². The van der Waals surface area contributed by atoms with Crippen LogP contribution in [0.1, 0.15) is 64.3 Å². The van der Waals surface area contributed by atoms with E-state index in [4.69, 9.17) is 0 Å². The van der Waals surface area contributed by atoms with Crippen molar-refractivity contribution in [3.8, 4) is 0 Å². The summed E-state index contributed by atoms with van der Waals surface area (Å²) in [5.74, 6) is 0. The molecule has 0 aliphatic heterocycles. The zero-order chi connectivity index (χ0) is 20.7. The molecule has 2 aromatic rings. The number of benzene rings is 1. The van der Waals surface area contributed by atoms with Gasteiger partial charge in [0, 0.05) is 29.2 Å². The Morgan fingerprint density at radius 3 is 2.11 bits per heavy atom. The molecule has 1 heterocycles. The van der Waals surface area contributed by atoms with E-state index >= 15 is 0 Å². The molecule has 0 aliphatic rings. The highest BCUT2D eigenvalue weighted by Crippen LogP contribution is 2.34. The lowest BCUT2D eigenvalue weighted by Gasteiger charge is -2.24. The minimum atomic E-state index is -2.66. The number of halogens is 2. The molecule has 0 spiro atoms. The molecule has 1 aromatic carbocycles. The quantitative estimate of drug-likeness (QED) is 0.692. The number of aromatic nitrogens is 1. The van der Waals surface area contributed by atoms with Crippen molar-refractivity contribution in [2.75, 3.05) is 0 Å². The Balaban J connectivity index is 2.64. The number of rotatable bonds is 5. The predicted molar refractivity (Wildman–Crippen MR) is 111 cm³/mol. The van der Waals surface area contributed by atoms with Crippen molar-refractivity contribution in [1.29, 1.82) is 0 Å². The summed E-state index contributed by atoms with van der Waals surface area (Å²) in [5.41, 5.74) is 3.63. The molecule has 2 atom stereocenters. The fraction of sp³-hybridized carbons (Fsp3) is 0.619. The summed E-state index contributed by atoms with van der Waals surface area (Å²) in [6.07, 6.45) is -0.857. The summed E-state index contributed by atoms with van der Waals surface area (Å²) in [4.78, 5) is 0. The Hall–Kier alpha value is -1.27. The molecule has 2 rings (SSSR count). The van der Waals surface area contributed by atoms with E-state index in [1.807, 2.05) is 24.5 Å². The van der Waals surface area contributed by atoms with E-state index in [9.17, 15) is 13.0 Å². The molecule has 3 nitrogen and oxygen atoms in total. The number of nitrogens with one attached hydrogen (secondary N) is 1. The average Bonchev–Trinajstić information content (AvgIpc) is 2.79. The Morgan fingerprint density at radius 2 is 1.63 bits per heavy atom. The lowest BCUT2D eigenvalue weighted by Crippen LogP contribution is -2.38. The van der Waals surface area contributed by atoms with Crippen LogP contribution in [0.4, 0.5) is 8.78 Å². The Kier molecular flexibility index (Phi) is 6.22. The monoisotopic (exact) mass is 398 g/mol. The molecule has 1 aromatic heterocycles. The lowest BCUT2D eigenvalue weighted by molar-refractivity contribution is 0.110. The van der Waals surface area contributed by atoms with Gasteiger partial charge in [0.1, 0.15) is 6.04 Å². The SMILES string of the molecule is Cc1cc2c([C@H](NS(=O)C(C)(C)C)C(F)F)cn(CC(C)(C)C)c2cc1C. The summed E-state index contributed by atoms with van der Waals surface area (Å²) >= 11 is 0. The van der Waals surface area contributed by atoms with Gasteiger partial charge in [0.05, 0.1) is 15.7 Å². The molecule has 0 saturated carbocycles. The number of hydrogen-bond donors (Lipinski definition) is 1. The minimum Gasteiger partial charge on any atom is -0.347 e. The van der Waals surface area contributed by atoms with Crippen LogP contribution in [0, 0.1) is 19.3 Å². The van der Waals surface area contributed by atoms with E-state index in [1.54, 1.807) is 27.0 Å². The van der Waals surface area contributed by atoms with Crippen LogP contribution in [0.15, 0.2) is 18.3 Å². The second-order valence-electron chi connectivity index (χ2n) is 9.54. The summed E-state index contributed by atoms with van der Waals surface area (Å²) in [6.45, 7) is 16.4. The van der Waals surface area contributed by atoms with Gasteiger partial charge in [-0.25, -0.2) is 17.7 Å². The summed E-state index contributed by atoms with van der Waals surface area (Å²) in [7, 11) is -1.59. The zero-order valence-corrected chi connectivity index (χ0v) is 18.4. The van der Waals surface area contributed by atoms with Gasteiger partial charge in [0.2, 0.25) is 0 Å². The van der Waals surface area contributed by atoms with Crippen molar-refractivity contribution in [2.45, 2.75) is 79.1 Å². The average molecular weight is 399 g/mol. The fourth-order valence-corrected chi connectivity index (χ4v) is 3.82. The van der Waals surface area contributed by atoms with Crippen molar-refractivity contribution in [3.63, 3.8) is 0 Å². The molecule has 0 aliphatic carbocycles. The number of hydrogen-bond acceptors (Lipinski definition) is 1. The summed E-state index contributed by atoms with van der Waals surface area (Å²) in [6, 6.07) is 2.75. The first kappa shape index (κ1) is 22.0. The smallest absolute Gasteiger partial charge is 0.258 e. The van der Waals surface area contributed by atoms with Gasteiger partial charge in [-0.3, -0.25) is 0 Å². The molecule has 152 valence electrons. The highest BCUT2D eigenvalue weighted by Gasteiger charge is 2.31. The first-order chi connectivity index (χ1) is 12.2. The van der Waals surface area contributed by atoms with Gasteiger partial charge < -0.3 is 4.57 Å². The summed E-state index contributed by atoms with van der Waals surface area (Å²) in [5, 5.41) is 0.797. The van der Waals surface area contributed by atoms with Gasteiger partial charge in [0.25, 0.3) is 6.43 Å². The lowest BCUT2D eigenvalue weighted by atomic mass is 9.97. The molecule has 0 bridgehead atoms. The maximum absolute atomic E-state index is 14.0. The van der Waals surface area contributed by atoms with Crippen molar-refractivity contribution >= 4 is 21.9 Å². The first-order valence-electron chi connectivity index (χ1n) is 9.27. The molecular weight excluding hydrogens is 366 g/mol. The number of nitrogens with zero attached hydrogens (tertiary/aromatic N) is 1. The highest BCUT2D eigenvalue weighted by atomic mass is 32.2. The van der Waals surface area contributed by atoms with Crippen LogP contribution in [0.2, 0.25) is 0 Å². The molecule has 27 heavy (non-hydrogen) atoms. The minimum absolute atomic E-state index is 0.00396. The van der Waals surface area contributed by atoms with Gasteiger partial charge >= 0.3 is 0 Å². The number of alkyl halides is 2. The van der Waals surface area contributed by atoms with Crippen molar-refractivity contribution < 1.29 is 13.0 Å². The second kappa shape index (κ2) is 7.63. The van der Waals surface area contributed by atoms with E-state index < -0.39 is 28.2 Å². The zero-order valence-electron chi connectivity index (χ0n) is 17.6. The van der Waals surface area contributed by atoms with Crippen LogP contribution in [-0.2, 0) is 17.5 Å². The normalized spacial score (nSPS) is 15.5. The molecule has 0 radical (unpaired) electrons. The Morgan fingerprint density at radius 1 is 1.07 bits per heavy atom. The summed E-state index contributed by atoms with van der Waals surface area (Å²) < 4.78 is 44.6. The molecule has 0 fully saturated rings. The van der Waals surface area contributed by atoms with E-state index in [2.05, 4.69) is 31.6 Å². The standard InChI is InChI=1S/C21H32F2N2OS/c1-13-9-15-16(18(19(22)23)24-27(26)21(6,7)8)11-25(12-20(3,4)5)17(15)10-14(13)2/h9-11,18-19,24H,12H2,1-8H3/t18-,27?/m0/s1. The van der Waals surface area contributed by atoms with Crippen LogP contribution in [-0.4, -0.2) is 19.9 Å². The van der Waals surface area contributed by atoms with E-state index in [-0.39, 0.29) is 5.41 Å². The van der Waals surface area contributed by atoms with Gasteiger partial charge in [-0.1, -0.05) is 20.8 Å². The molecule has 6 heteroatoms. The van der Waals surface area contributed by atoms with Crippen LogP contribution in [0.5, 0.6) is 0 Å². The van der Waals surface area contributed by atoms with Gasteiger partial charge in [-0.15, -0.1) is 0 Å². The maximum atomic E-state index is 14.0. The molecule has 1 unspecified atom stereocenters. The van der Waals surface area contributed by atoms with Crippen molar-refractivity contribution in [1.82, 2.24) is 9.29 Å². The third kappa shape index (κ3) is 5.17. The third-order valence-corrected chi connectivity index (χ3v) is 6.13. The van der Waals surface area contributed by atoms with E-state index in [0.717, 1.165) is 22.0 Å². The van der Waals surface area contributed by atoms with E-state index in [1.165, 1.54) is 0 Å². The maximum Gasteiger partial charge on any atom is 0.258 e. The molecular formula is C21H32F2N2OS. The fourth-order valence-electron chi connectivity index (χ4n) is 3.01. The molecule has 1 N–H and O–H groups in total. The van der Waals surface area contributed by atoms with Crippen LogP contribution in [0.3, 0.4) is 0 Å². The topological polar surface area (TPSA) is 34.0 Å². The molecule has 0 saturated heterocycles. The van der Waals surface area contributed by atoms with Crippen molar-refractivity contribution in [2.24, 2.45) is 5.41 Å². The Labute approximate surface area is 164 Å². The van der Waals surface area contributed by atoms with Gasteiger partial charge in [-0.05, 0) is 63.3 Å².